The third-order valence-corrected chi connectivity index (χ3v) is 1.55. The van der Waals surface area contributed by atoms with Gasteiger partial charge in [0.2, 0.25) is 0 Å². The van der Waals surface area contributed by atoms with Gasteiger partial charge in [-0.15, -0.1) is 0 Å². The number of aliphatic imine (C=N–C) groups is 1. The molecular weight excluding hydrogens is 164 g/mol. The average Bonchev–Trinajstić information content (AvgIpc) is 2.16. The Balaban J connectivity index is 4.03. The number of amidine groups is 1. The van der Waals surface area contributed by atoms with E-state index in [-0.39, 0.29) is 5.84 Å². The van der Waals surface area contributed by atoms with Crippen molar-refractivity contribution in [3.05, 3.63) is 11.9 Å². The van der Waals surface area contributed by atoms with Crippen molar-refractivity contribution in [2.45, 2.75) is 19.8 Å². The van der Waals surface area contributed by atoms with Crippen LogP contribution in [0.25, 0.3) is 0 Å². The Labute approximate surface area is 79.6 Å². The summed E-state index contributed by atoms with van der Waals surface area (Å²) >= 11 is 0. The summed E-state index contributed by atoms with van der Waals surface area (Å²) in [5, 5.41) is 13.4. The normalized spacial score (nSPS) is 10.8. The highest BCUT2D eigenvalue weighted by Gasteiger charge is 2.00. The van der Waals surface area contributed by atoms with Crippen LogP contribution in [-0.4, -0.2) is 26.1 Å². The van der Waals surface area contributed by atoms with E-state index in [1.54, 1.807) is 13.2 Å². The van der Waals surface area contributed by atoms with Gasteiger partial charge < -0.3 is 10.6 Å². The van der Waals surface area contributed by atoms with E-state index in [0.29, 0.717) is 5.70 Å². The number of rotatable bonds is 6. The van der Waals surface area contributed by atoms with E-state index in [9.17, 15) is 0 Å². The molecule has 0 aromatic heterocycles. The Morgan fingerprint density at radius 1 is 1.62 bits per heavy atom. The highest BCUT2D eigenvalue weighted by atomic mass is 15.0. The lowest BCUT2D eigenvalue weighted by atomic mass is 10.3. The van der Waals surface area contributed by atoms with Gasteiger partial charge in [-0.25, -0.2) is 4.99 Å². The van der Waals surface area contributed by atoms with Gasteiger partial charge in [0.1, 0.15) is 0 Å². The monoisotopic (exact) mass is 182 g/mol. The fourth-order valence-corrected chi connectivity index (χ4v) is 0.832. The molecule has 0 aliphatic rings. The highest BCUT2D eigenvalue weighted by Crippen LogP contribution is 1.93. The molecule has 0 atom stereocenters. The van der Waals surface area contributed by atoms with E-state index in [2.05, 4.69) is 29.3 Å². The van der Waals surface area contributed by atoms with Gasteiger partial charge >= 0.3 is 0 Å². The molecule has 0 saturated carbocycles. The number of hydrogen-bond acceptors (Lipinski definition) is 3. The van der Waals surface area contributed by atoms with Crippen LogP contribution in [-0.2, 0) is 0 Å². The fourth-order valence-electron chi connectivity index (χ4n) is 0.832. The van der Waals surface area contributed by atoms with E-state index in [1.807, 2.05) is 0 Å². The summed E-state index contributed by atoms with van der Waals surface area (Å²) in [6.07, 6.45) is 3.94. The topological polar surface area (TPSA) is 60.3 Å². The first-order valence-electron chi connectivity index (χ1n) is 4.43. The largest absolute Gasteiger partial charge is 0.392 e. The quantitative estimate of drug-likeness (QED) is 0.327. The van der Waals surface area contributed by atoms with E-state index in [0.717, 1.165) is 19.4 Å². The van der Waals surface area contributed by atoms with Crippen LogP contribution < -0.4 is 10.6 Å². The van der Waals surface area contributed by atoms with E-state index >= 15 is 0 Å². The number of hydrogen-bond donors (Lipinski definition) is 3. The molecule has 0 rings (SSSR count). The van der Waals surface area contributed by atoms with Gasteiger partial charge in [-0.1, -0.05) is 13.3 Å². The fraction of sp³-hybridized carbons (Fsp3) is 0.556. The van der Waals surface area contributed by atoms with Crippen molar-refractivity contribution in [3.63, 3.8) is 0 Å². The molecule has 0 saturated heterocycles. The molecule has 0 bridgehead atoms. The Hall–Kier alpha value is -1.32. The second-order valence-electron chi connectivity index (χ2n) is 2.63. The lowest BCUT2D eigenvalue weighted by Gasteiger charge is -2.08. The van der Waals surface area contributed by atoms with E-state index < -0.39 is 0 Å². The Morgan fingerprint density at radius 2 is 2.31 bits per heavy atom. The molecule has 0 spiro atoms. The summed E-state index contributed by atoms with van der Waals surface area (Å²) < 4.78 is 0. The summed E-state index contributed by atoms with van der Waals surface area (Å²) in [5.74, 6) is 0.172. The molecule has 4 heteroatoms. The molecule has 13 heavy (non-hydrogen) atoms. The molecule has 0 fully saturated rings. The van der Waals surface area contributed by atoms with Crippen LogP contribution in [0, 0.1) is 5.41 Å². The van der Waals surface area contributed by atoms with Crippen LogP contribution in [0.5, 0.6) is 0 Å². The second-order valence-corrected chi connectivity index (χ2v) is 2.63. The molecule has 0 aromatic carbocycles. The van der Waals surface area contributed by atoms with E-state index in [4.69, 9.17) is 5.41 Å². The number of nitrogens with zero attached hydrogens (tertiary/aromatic N) is 1. The van der Waals surface area contributed by atoms with Gasteiger partial charge in [-0.2, -0.15) is 0 Å². The minimum atomic E-state index is 0.172. The standard InChI is InChI=1S/C9H18N4/c1-4-5-6-13-8(7-11-2)9(10)12-3/h7,10-11,13H,3-6H2,1-2H3. The Morgan fingerprint density at radius 3 is 2.77 bits per heavy atom. The van der Waals surface area contributed by atoms with Crippen molar-refractivity contribution in [2.24, 2.45) is 4.99 Å². The van der Waals surface area contributed by atoms with Crippen molar-refractivity contribution in [2.75, 3.05) is 13.6 Å². The summed E-state index contributed by atoms with van der Waals surface area (Å²) in [5.41, 5.74) is 0.686. The minimum absolute atomic E-state index is 0.172. The molecular formula is C9H18N4. The third kappa shape index (κ3) is 5.00. The second kappa shape index (κ2) is 7.34. The SMILES string of the molecule is C=NC(=N)C(=CNC)NCCCC. The van der Waals surface area contributed by atoms with Crippen LogP contribution in [0.4, 0.5) is 0 Å². The zero-order valence-electron chi connectivity index (χ0n) is 8.35. The van der Waals surface area contributed by atoms with E-state index in [1.165, 1.54) is 0 Å². The first kappa shape index (κ1) is 11.7. The van der Waals surface area contributed by atoms with Gasteiger partial charge in [-0.3, -0.25) is 5.41 Å². The zero-order valence-corrected chi connectivity index (χ0v) is 8.35. The van der Waals surface area contributed by atoms with Gasteiger partial charge in [0.15, 0.2) is 5.84 Å². The van der Waals surface area contributed by atoms with Crippen LogP contribution in [0.15, 0.2) is 16.9 Å². The van der Waals surface area contributed by atoms with Crippen LogP contribution in [0.3, 0.4) is 0 Å². The van der Waals surface area contributed by atoms with Crippen molar-refractivity contribution in [1.29, 1.82) is 5.41 Å². The van der Waals surface area contributed by atoms with Crippen molar-refractivity contribution >= 4 is 12.6 Å². The maximum absolute atomic E-state index is 7.43. The molecule has 74 valence electrons. The van der Waals surface area contributed by atoms with Crippen LogP contribution >= 0.6 is 0 Å². The predicted molar refractivity (Wildman–Crippen MR) is 57.3 cm³/mol. The molecule has 0 aliphatic carbocycles. The number of unbranched alkanes of at least 4 members (excludes halogenated alkanes) is 1. The Kier molecular flexibility index (Phi) is 6.59. The third-order valence-electron chi connectivity index (χ3n) is 1.55. The molecule has 4 nitrogen and oxygen atoms in total. The first-order chi connectivity index (χ1) is 6.26. The van der Waals surface area contributed by atoms with Gasteiger partial charge in [0.05, 0.1) is 5.70 Å². The summed E-state index contributed by atoms with van der Waals surface area (Å²) in [6, 6.07) is 0. The zero-order chi connectivity index (χ0) is 10.1. The summed E-state index contributed by atoms with van der Waals surface area (Å²) in [6.45, 7) is 6.30. The van der Waals surface area contributed by atoms with Crippen LogP contribution in [0.1, 0.15) is 19.8 Å². The van der Waals surface area contributed by atoms with Crippen molar-refractivity contribution in [3.8, 4) is 0 Å². The Bertz CT molecular complexity index is 196. The molecule has 0 radical (unpaired) electrons. The van der Waals surface area contributed by atoms with Crippen LogP contribution in [0.2, 0.25) is 0 Å². The molecule has 0 aromatic rings. The smallest absolute Gasteiger partial charge is 0.169 e. The van der Waals surface area contributed by atoms with Crippen molar-refractivity contribution in [1.82, 2.24) is 10.6 Å². The maximum Gasteiger partial charge on any atom is 0.169 e. The summed E-state index contributed by atoms with van der Waals surface area (Å²) in [4.78, 5) is 3.55. The highest BCUT2D eigenvalue weighted by molar-refractivity contribution is 5.97. The predicted octanol–water partition coefficient (Wildman–Crippen LogP) is 1.11. The molecule has 3 N–H and O–H groups in total. The lowest BCUT2D eigenvalue weighted by Crippen LogP contribution is -2.21. The number of nitrogens with one attached hydrogen (secondary N) is 3. The van der Waals surface area contributed by atoms with Crippen molar-refractivity contribution < 1.29 is 0 Å². The van der Waals surface area contributed by atoms with Gasteiger partial charge in [-0.05, 0) is 13.1 Å². The van der Waals surface area contributed by atoms with Gasteiger partial charge in [0, 0.05) is 19.8 Å². The molecule has 0 unspecified atom stereocenters. The first-order valence-corrected chi connectivity index (χ1v) is 4.43. The molecule has 0 aliphatic heterocycles. The lowest BCUT2D eigenvalue weighted by molar-refractivity contribution is 0.719. The maximum atomic E-state index is 7.43. The summed E-state index contributed by atoms with van der Waals surface area (Å²) in [7, 11) is 1.79. The van der Waals surface area contributed by atoms with Gasteiger partial charge in [0.25, 0.3) is 0 Å². The molecule has 0 heterocycles. The minimum Gasteiger partial charge on any atom is -0.392 e. The average molecular weight is 182 g/mol. The molecule has 0 amide bonds.